The molecule has 0 aliphatic carbocycles. The van der Waals surface area contributed by atoms with Gasteiger partial charge in [-0.25, -0.2) is 4.39 Å². The van der Waals surface area contributed by atoms with Gasteiger partial charge in [0, 0.05) is 11.3 Å². The Morgan fingerprint density at radius 1 is 1.29 bits per heavy atom. The van der Waals surface area contributed by atoms with Crippen LogP contribution in [0.4, 0.5) is 4.39 Å². The number of hydrogen-bond acceptors (Lipinski definition) is 4. The van der Waals surface area contributed by atoms with Crippen LogP contribution in [0.5, 0.6) is 5.75 Å². The predicted octanol–water partition coefficient (Wildman–Crippen LogP) is 3.48. The number of phenolic OH excluding ortho intramolecular Hbond substituents is 1. The standard InChI is InChI=1S/C15H20BFO3S/c1-14(2)15(3,4)20-16(19-14)11(9-21)8-10-6-5-7-12(17)13(10)18/h5-8,18,21H,9H2,1-4H3. The van der Waals surface area contributed by atoms with Crippen LogP contribution in [-0.4, -0.2) is 29.2 Å². The molecule has 0 spiro atoms. The highest BCUT2D eigenvalue weighted by Crippen LogP contribution is 2.39. The van der Waals surface area contributed by atoms with Gasteiger partial charge in [-0.3, -0.25) is 0 Å². The second-order valence-corrected chi connectivity index (χ2v) is 6.46. The van der Waals surface area contributed by atoms with Gasteiger partial charge < -0.3 is 14.4 Å². The van der Waals surface area contributed by atoms with E-state index in [0.29, 0.717) is 11.3 Å². The second-order valence-electron chi connectivity index (χ2n) is 6.14. The maximum atomic E-state index is 13.4. The number of aromatic hydroxyl groups is 1. The molecular weight excluding hydrogens is 290 g/mol. The lowest BCUT2D eigenvalue weighted by molar-refractivity contribution is 0.00578. The van der Waals surface area contributed by atoms with Crippen molar-refractivity contribution >= 4 is 25.8 Å². The molecule has 3 nitrogen and oxygen atoms in total. The average molecular weight is 310 g/mol. The number of benzene rings is 1. The first-order chi connectivity index (χ1) is 9.68. The Bertz CT molecular complexity index is 556. The molecule has 6 heteroatoms. The van der Waals surface area contributed by atoms with Crippen LogP contribution in [0.25, 0.3) is 6.08 Å². The van der Waals surface area contributed by atoms with Crippen LogP contribution in [0, 0.1) is 5.82 Å². The van der Waals surface area contributed by atoms with Crippen molar-refractivity contribution in [3.8, 4) is 5.75 Å². The normalized spacial score (nSPS) is 20.9. The molecule has 1 N–H and O–H groups in total. The van der Waals surface area contributed by atoms with E-state index in [-0.39, 0.29) is 5.75 Å². The van der Waals surface area contributed by atoms with E-state index < -0.39 is 24.1 Å². The van der Waals surface area contributed by atoms with Crippen molar-refractivity contribution in [1.29, 1.82) is 0 Å². The smallest absolute Gasteiger partial charge is 0.491 e. The maximum absolute atomic E-state index is 13.4. The van der Waals surface area contributed by atoms with E-state index in [4.69, 9.17) is 9.31 Å². The molecule has 0 radical (unpaired) electrons. The number of thiol groups is 1. The summed E-state index contributed by atoms with van der Waals surface area (Å²) in [4.78, 5) is 0. The maximum Gasteiger partial charge on any atom is 0.491 e. The van der Waals surface area contributed by atoms with Gasteiger partial charge in [-0.1, -0.05) is 18.2 Å². The van der Waals surface area contributed by atoms with E-state index >= 15 is 0 Å². The molecule has 1 fully saturated rings. The van der Waals surface area contributed by atoms with Crippen LogP contribution in [0.2, 0.25) is 0 Å². The molecule has 0 aromatic heterocycles. The van der Waals surface area contributed by atoms with Crippen molar-refractivity contribution in [2.45, 2.75) is 38.9 Å². The third-order valence-electron chi connectivity index (χ3n) is 4.10. The van der Waals surface area contributed by atoms with E-state index in [1.54, 1.807) is 18.2 Å². The Kier molecular flexibility index (Phi) is 4.43. The van der Waals surface area contributed by atoms with E-state index in [1.807, 2.05) is 27.7 Å². The van der Waals surface area contributed by atoms with Crippen LogP contribution in [0.1, 0.15) is 33.3 Å². The highest BCUT2D eigenvalue weighted by molar-refractivity contribution is 7.80. The van der Waals surface area contributed by atoms with Crippen molar-refractivity contribution in [2.75, 3.05) is 5.75 Å². The Morgan fingerprint density at radius 3 is 2.38 bits per heavy atom. The molecule has 0 saturated carbocycles. The van der Waals surface area contributed by atoms with Crippen LogP contribution < -0.4 is 0 Å². The number of phenols is 1. The zero-order chi connectivity index (χ0) is 15.8. The molecule has 0 bridgehead atoms. The fourth-order valence-electron chi connectivity index (χ4n) is 2.03. The van der Waals surface area contributed by atoms with Gasteiger partial charge in [0.15, 0.2) is 11.6 Å². The minimum absolute atomic E-state index is 0.381. The molecule has 0 unspecified atom stereocenters. The summed E-state index contributed by atoms with van der Waals surface area (Å²) in [6, 6.07) is 4.39. The Balaban J connectivity index is 2.33. The van der Waals surface area contributed by atoms with Crippen molar-refractivity contribution in [2.24, 2.45) is 0 Å². The topological polar surface area (TPSA) is 38.7 Å². The SMILES string of the molecule is CC1(C)OB(C(=Cc2cccc(F)c2O)CS)OC1(C)C. The van der Waals surface area contributed by atoms with Crippen molar-refractivity contribution in [3.63, 3.8) is 0 Å². The van der Waals surface area contributed by atoms with Gasteiger partial charge in [0.1, 0.15) is 0 Å². The molecule has 1 heterocycles. The Labute approximate surface area is 130 Å². The Hall–Kier alpha value is -0.975. The van der Waals surface area contributed by atoms with E-state index in [1.165, 1.54) is 6.07 Å². The van der Waals surface area contributed by atoms with Crippen LogP contribution >= 0.6 is 12.6 Å². The summed E-state index contributed by atoms with van der Waals surface area (Å²) >= 11 is 4.29. The van der Waals surface area contributed by atoms with Crippen LogP contribution in [0.15, 0.2) is 23.7 Å². The quantitative estimate of drug-likeness (QED) is 0.663. The second kappa shape index (κ2) is 5.67. The van der Waals surface area contributed by atoms with Crippen molar-refractivity contribution in [1.82, 2.24) is 0 Å². The van der Waals surface area contributed by atoms with Gasteiger partial charge in [0.25, 0.3) is 0 Å². The van der Waals surface area contributed by atoms with E-state index in [2.05, 4.69) is 12.6 Å². The molecule has 1 aliphatic heterocycles. The van der Waals surface area contributed by atoms with Gasteiger partial charge >= 0.3 is 7.12 Å². The highest BCUT2D eigenvalue weighted by atomic mass is 32.1. The molecule has 1 aromatic carbocycles. The number of rotatable bonds is 3. The van der Waals surface area contributed by atoms with Gasteiger partial charge in [0.2, 0.25) is 0 Å². The average Bonchev–Trinajstić information content (AvgIpc) is 2.60. The summed E-state index contributed by atoms with van der Waals surface area (Å²) in [7, 11) is -0.560. The monoisotopic (exact) mass is 310 g/mol. The lowest BCUT2D eigenvalue weighted by Gasteiger charge is -2.32. The molecule has 1 aromatic rings. The molecule has 1 saturated heterocycles. The molecule has 1 aliphatic rings. The number of hydrogen-bond donors (Lipinski definition) is 2. The third kappa shape index (κ3) is 3.12. The Morgan fingerprint density at radius 2 is 1.86 bits per heavy atom. The summed E-state index contributed by atoms with van der Waals surface area (Å²) in [6.07, 6.45) is 1.66. The predicted molar refractivity (Wildman–Crippen MR) is 86.0 cm³/mol. The summed E-state index contributed by atoms with van der Waals surface area (Å²) < 4.78 is 25.3. The van der Waals surface area contributed by atoms with Crippen molar-refractivity contribution in [3.05, 3.63) is 35.1 Å². The first kappa shape index (κ1) is 16.4. The highest BCUT2D eigenvalue weighted by Gasteiger charge is 2.52. The number of halogens is 1. The van der Waals surface area contributed by atoms with Gasteiger partial charge in [-0.2, -0.15) is 12.6 Å². The zero-order valence-corrected chi connectivity index (χ0v) is 13.6. The minimum atomic E-state index is -0.656. The van der Waals surface area contributed by atoms with Gasteiger partial charge in [-0.05, 0) is 39.2 Å². The van der Waals surface area contributed by atoms with Crippen LogP contribution in [-0.2, 0) is 9.31 Å². The largest absolute Gasteiger partial charge is 0.504 e. The third-order valence-corrected chi connectivity index (χ3v) is 4.46. The fraction of sp³-hybridized carbons (Fsp3) is 0.467. The fourth-order valence-corrected chi connectivity index (χ4v) is 2.27. The molecule has 21 heavy (non-hydrogen) atoms. The lowest BCUT2D eigenvalue weighted by Crippen LogP contribution is -2.41. The molecule has 0 atom stereocenters. The summed E-state index contributed by atoms with van der Waals surface area (Å²) in [5.74, 6) is -0.656. The molecule has 2 rings (SSSR count). The number of para-hydroxylation sites is 1. The van der Waals surface area contributed by atoms with Crippen molar-refractivity contribution < 1.29 is 18.8 Å². The first-order valence-electron chi connectivity index (χ1n) is 6.82. The first-order valence-corrected chi connectivity index (χ1v) is 7.45. The van der Waals surface area contributed by atoms with E-state index in [9.17, 15) is 9.50 Å². The van der Waals surface area contributed by atoms with Crippen LogP contribution in [0.3, 0.4) is 0 Å². The molecule has 114 valence electrons. The summed E-state index contributed by atoms with van der Waals surface area (Å²) in [5, 5.41) is 9.76. The zero-order valence-electron chi connectivity index (χ0n) is 12.7. The summed E-state index contributed by atoms with van der Waals surface area (Å²) in [6.45, 7) is 7.84. The van der Waals surface area contributed by atoms with Gasteiger partial charge in [-0.15, -0.1) is 0 Å². The van der Waals surface area contributed by atoms with Gasteiger partial charge in [0.05, 0.1) is 11.2 Å². The lowest BCUT2D eigenvalue weighted by atomic mass is 9.78. The van der Waals surface area contributed by atoms with E-state index in [0.717, 1.165) is 5.47 Å². The summed E-state index contributed by atoms with van der Waals surface area (Å²) in [5.41, 5.74) is 0.208. The molecule has 0 amide bonds. The molecular formula is C15H20BFO3S. The minimum Gasteiger partial charge on any atom is -0.504 e.